The average Bonchev–Trinajstić information content (AvgIpc) is 2.09. The first kappa shape index (κ1) is 10.5. The Kier molecular flexibility index (Phi) is 3.03. The fraction of sp³-hybridized carbons (Fsp3) is 0.333. The van der Waals surface area contributed by atoms with E-state index >= 15 is 0 Å². The lowest BCUT2D eigenvalue weighted by molar-refractivity contribution is 0.0694. The molecule has 0 aliphatic rings. The van der Waals surface area contributed by atoms with Crippen molar-refractivity contribution in [3.63, 3.8) is 0 Å². The van der Waals surface area contributed by atoms with Gasteiger partial charge in [-0.15, -0.1) is 0 Å². The number of aromatic amines is 1. The van der Waals surface area contributed by atoms with Crippen molar-refractivity contribution in [1.82, 2.24) is 4.98 Å². The van der Waals surface area contributed by atoms with E-state index in [-0.39, 0.29) is 12.2 Å². The molecule has 0 aromatic carbocycles. The number of pyridine rings is 1. The Labute approximate surface area is 80.3 Å². The van der Waals surface area contributed by atoms with E-state index in [2.05, 4.69) is 4.98 Å². The summed E-state index contributed by atoms with van der Waals surface area (Å²) in [4.78, 5) is 24.2. The molecule has 0 aliphatic carbocycles. The van der Waals surface area contributed by atoms with Gasteiger partial charge >= 0.3 is 5.97 Å². The van der Waals surface area contributed by atoms with Gasteiger partial charge in [-0.1, -0.05) is 0 Å². The number of aromatic nitrogens is 1. The van der Waals surface area contributed by atoms with Crippen molar-refractivity contribution in [2.75, 3.05) is 7.11 Å². The molecule has 2 N–H and O–H groups in total. The minimum atomic E-state index is -1.23. The van der Waals surface area contributed by atoms with Crippen molar-refractivity contribution in [3.05, 3.63) is 33.2 Å². The quantitative estimate of drug-likeness (QED) is 0.740. The molecule has 0 atom stereocenters. The Morgan fingerprint density at radius 2 is 2.29 bits per heavy atom. The number of ether oxygens (including phenoxy) is 1. The first-order chi connectivity index (χ1) is 6.56. The van der Waals surface area contributed by atoms with Gasteiger partial charge in [-0.05, 0) is 18.6 Å². The fourth-order valence-electron chi connectivity index (χ4n) is 1.13. The van der Waals surface area contributed by atoms with Crippen LogP contribution in [0.15, 0.2) is 10.9 Å². The molecule has 0 radical (unpaired) electrons. The van der Waals surface area contributed by atoms with E-state index in [4.69, 9.17) is 9.84 Å². The topological polar surface area (TPSA) is 79.4 Å². The normalized spacial score (nSPS) is 10.1. The van der Waals surface area contributed by atoms with Crippen LogP contribution in [0.3, 0.4) is 0 Å². The zero-order valence-electron chi connectivity index (χ0n) is 7.96. The van der Waals surface area contributed by atoms with E-state index in [0.29, 0.717) is 11.3 Å². The van der Waals surface area contributed by atoms with Crippen LogP contribution in [0.2, 0.25) is 0 Å². The number of carboxylic acid groups (broad SMARTS) is 1. The Morgan fingerprint density at radius 1 is 1.64 bits per heavy atom. The number of carbonyl (C=O) groups is 1. The summed E-state index contributed by atoms with van der Waals surface area (Å²) in [6.07, 6.45) is 0. The number of aromatic carboxylic acids is 1. The van der Waals surface area contributed by atoms with Gasteiger partial charge in [0.25, 0.3) is 5.56 Å². The van der Waals surface area contributed by atoms with Gasteiger partial charge in [0.15, 0.2) is 0 Å². The maximum atomic E-state index is 11.2. The predicted molar refractivity (Wildman–Crippen MR) is 49.5 cm³/mol. The van der Waals surface area contributed by atoms with Gasteiger partial charge in [0, 0.05) is 12.8 Å². The summed E-state index contributed by atoms with van der Waals surface area (Å²) in [5, 5.41) is 8.69. The molecule has 1 aromatic heterocycles. The molecule has 14 heavy (non-hydrogen) atoms. The molecule has 0 aliphatic heterocycles. The lowest BCUT2D eigenvalue weighted by atomic mass is 10.1. The minimum absolute atomic E-state index is 0.261. The minimum Gasteiger partial charge on any atom is -0.477 e. The van der Waals surface area contributed by atoms with Gasteiger partial charge in [0.2, 0.25) is 0 Å². The summed E-state index contributed by atoms with van der Waals surface area (Å²) in [7, 11) is 1.50. The number of nitrogens with one attached hydrogen (secondary N) is 1. The van der Waals surface area contributed by atoms with Gasteiger partial charge in [-0.2, -0.15) is 0 Å². The van der Waals surface area contributed by atoms with Crippen molar-refractivity contribution in [2.24, 2.45) is 0 Å². The summed E-state index contributed by atoms with van der Waals surface area (Å²) < 4.78 is 4.87. The van der Waals surface area contributed by atoms with Crippen LogP contribution in [0.25, 0.3) is 0 Å². The molecular weight excluding hydrogens is 186 g/mol. The molecule has 0 bridgehead atoms. The summed E-state index contributed by atoms with van der Waals surface area (Å²) >= 11 is 0. The number of aryl methyl sites for hydroxylation is 1. The number of carboxylic acids is 1. The summed E-state index contributed by atoms with van der Waals surface area (Å²) in [6, 6.07) is 1.33. The van der Waals surface area contributed by atoms with E-state index in [1.54, 1.807) is 6.92 Å². The maximum Gasteiger partial charge on any atom is 0.341 e. The van der Waals surface area contributed by atoms with Crippen LogP contribution in [-0.2, 0) is 11.3 Å². The first-order valence-electron chi connectivity index (χ1n) is 4.01. The Morgan fingerprint density at radius 3 is 2.79 bits per heavy atom. The van der Waals surface area contributed by atoms with Crippen LogP contribution < -0.4 is 5.56 Å². The number of H-pyrrole nitrogens is 1. The Bertz CT molecular complexity index is 408. The summed E-state index contributed by atoms with van der Waals surface area (Å²) in [5.74, 6) is -1.23. The first-order valence-corrected chi connectivity index (χ1v) is 4.01. The van der Waals surface area contributed by atoms with Gasteiger partial charge in [0.05, 0.1) is 6.61 Å². The molecule has 1 rings (SSSR count). The van der Waals surface area contributed by atoms with Crippen LogP contribution in [0.4, 0.5) is 0 Å². The van der Waals surface area contributed by atoms with Crippen molar-refractivity contribution < 1.29 is 14.6 Å². The second-order valence-electron chi connectivity index (χ2n) is 2.90. The van der Waals surface area contributed by atoms with E-state index < -0.39 is 11.5 Å². The highest BCUT2D eigenvalue weighted by Gasteiger charge is 2.11. The molecule has 0 spiro atoms. The number of hydrogen-bond donors (Lipinski definition) is 2. The Balaban J connectivity index is 3.27. The SMILES string of the molecule is COCc1cc(C(=O)O)c(=O)[nH]c1C. The molecule has 0 fully saturated rings. The highest BCUT2D eigenvalue weighted by molar-refractivity contribution is 5.87. The van der Waals surface area contributed by atoms with E-state index in [0.717, 1.165) is 0 Å². The third-order valence-electron chi connectivity index (χ3n) is 1.88. The molecular formula is C9H11NO4. The van der Waals surface area contributed by atoms with Gasteiger partial charge in [-0.25, -0.2) is 4.79 Å². The molecule has 5 nitrogen and oxygen atoms in total. The van der Waals surface area contributed by atoms with Gasteiger partial charge in [0.1, 0.15) is 5.56 Å². The second kappa shape index (κ2) is 4.06. The summed E-state index contributed by atoms with van der Waals surface area (Å²) in [5.41, 5.74) is 0.448. The van der Waals surface area contributed by atoms with Gasteiger partial charge in [-0.3, -0.25) is 4.79 Å². The largest absolute Gasteiger partial charge is 0.477 e. The van der Waals surface area contributed by atoms with Crippen LogP contribution in [0.5, 0.6) is 0 Å². The summed E-state index contributed by atoms with van der Waals surface area (Å²) in [6.45, 7) is 1.98. The van der Waals surface area contributed by atoms with Crippen LogP contribution in [-0.4, -0.2) is 23.2 Å². The monoisotopic (exact) mass is 197 g/mol. The molecule has 1 heterocycles. The van der Waals surface area contributed by atoms with Crippen LogP contribution in [0, 0.1) is 6.92 Å². The fourth-order valence-corrected chi connectivity index (χ4v) is 1.13. The molecule has 0 unspecified atom stereocenters. The van der Waals surface area contributed by atoms with Crippen molar-refractivity contribution in [2.45, 2.75) is 13.5 Å². The predicted octanol–water partition coefficient (Wildman–Crippen LogP) is 0.528. The molecule has 0 saturated carbocycles. The zero-order chi connectivity index (χ0) is 10.7. The smallest absolute Gasteiger partial charge is 0.341 e. The third-order valence-corrected chi connectivity index (χ3v) is 1.88. The average molecular weight is 197 g/mol. The van der Waals surface area contributed by atoms with E-state index in [9.17, 15) is 9.59 Å². The van der Waals surface area contributed by atoms with Crippen LogP contribution in [0.1, 0.15) is 21.6 Å². The lowest BCUT2D eigenvalue weighted by Gasteiger charge is -2.04. The number of rotatable bonds is 3. The second-order valence-corrected chi connectivity index (χ2v) is 2.90. The van der Waals surface area contributed by atoms with Crippen molar-refractivity contribution in [1.29, 1.82) is 0 Å². The molecule has 0 amide bonds. The lowest BCUT2D eigenvalue weighted by Crippen LogP contribution is -2.19. The van der Waals surface area contributed by atoms with Crippen molar-refractivity contribution in [3.8, 4) is 0 Å². The van der Waals surface area contributed by atoms with Gasteiger partial charge < -0.3 is 14.8 Å². The standard InChI is InChI=1S/C9H11NO4/c1-5-6(4-14-2)3-7(9(12)13)8(11)10-5/h3H,4H2,1-2H3,(H,10,11)(H,12,13). The van der Waals surface area contributed by atoms with E-state index in [1.165, 1.54) is 13.2 Å². The molecule has 0 saturated heterocycles. The third kappa shape index (κ3) is 2.00. The zero-order valence-corrected chi connectivity index (χ0v) is 7.96. The van der Waals surface area contributed by atoms with Crippen molar-refractivity contribution >= 4 is 5.97 Å². The van der Waals surface area contributed by atoms with Crippen LogP contribution >= 0.6 is 0 Å². The number of hydrogen-bond acceptors (Lipinski definition) is 3. The van der Waals surface area contributed by atoms with E-state index in [1.807, 2.05) is 0 Å². The Hall–Kier alpha value is -1.62. The molecule has 5 heteroatoms. The maximum absolute atomic E-state index is 11.2. The highest BCUT2D eigenvalue weighted by Crippen LogP contribution is 2.06. The highest BCUT2D eigenvalue weighted by atomic mass is 16.5. The molecule has 1 aromatic rings. The number of methoxy groups -OCH3 is 1. The molecule has 76 valence electrons.